The van der Waals surface area contributed by atoms with Gasteiger partial charge >= 0.3 is 0 Å². The Hall–Kier alpha value is -5.07. The molecule has 10 rings (SSSR count). The summed E-state index contributed by atoms with van der Waals surface area (Å²) in [6.07, 6.45) is 5.60. The van der Waals surface area contributed by atoms with Gasteiger partial charge in [-0.3, -0.25) is 9.78 Å². The number of nitrogens with zero attached hydrogens (tertiary/aromatic N) is 5. The number of methoxy groups -OCH3 is 1. The number of aromatic nitrogens is 4. The van der Waals surface area contributed by atoms with E-state index in [1.54, 1.807) is 24.5 Å². The second-order valence-electron chi connectivity index (χ2n) is 13.8. The number of nitrogens with one attached hydrogen (secondary N) is 1. The van der Waals surface area contributed by atoms with Gasteiger partial charge in [0.1, 0.15) is 11.6 Å². The average molecular weight is 735 g/mol. The van der Waals surface area contributed by atoms with Crippen LogP contribution in [-0.2, 0) is 12.8 Å². The van der Waals surface area contributed by atoms with E-state index in [4.69, 9.17) is 35.5 Å². The first-order chi connectivity index (χ1) is 25.4. The summed E-state index contributed by atoms with van der Waals surface area (Å²) in [6, 6.07) is 13.0. The molecule has 1 amide bonds. The molecule has 4 aromatic heterocycles. The van der Waals surface area contributed by atoms with Crippen molar-refractivity contribution in [1.82, 2.24) is 25.1 Å². The topological polar surface area (TPSA) is 116 Å². The van der Waals surface area contributed by atoms with Crippen LogP contribution in [0.2, 0.25) is 5.02 Å². The molecule has 1 N–H and O–H groups in total. The molecule has 2 aromatic carbocycles. The highest BCUT2D eigenvalue weighted by Gasteiger charge is 2.45. The lowest BCUT2D eigenvalue weighted by Crippen LogP contribution is -2.22. The SMILES string of the molecule is COc1c(F)ccc2c1CCC2Nc1nccc2cc(-c3c4c(nc(C[C@@H]5COc6cc(Cl)ccc65)c3-c3nnc(C)o3)C3CCCN3C4=O)sc12. The number of halogens is 2. The van der Waals surface area contributed by atoms with Crippen molar-refractivity contribution in [2.75, 3.05) is 25.6 Å². The minimum absolute atomic E-state index is 0.00835. The minimum Gasteiger partial charge on any atom is -0.493 e. The van der Waals surface area contributed by atoms with Gasteiger partial charge in [0.2, 0.25) is 11.8 Å². The van der Waals surface area contributed by atoms with Crippen LogP contribution in [0, 0.1) is 12.7 Å². The number of rotatable bonds is 7. The number of benzene rings is 2. The van der Waals surface area contributed by atoms with Crippen LogP contribution < -0.4 is 14.8 Å². The molecule has 0 radical (unpaired) electrons. The number of carbonyl (C=O) groups is 1. The van der Waals surface area contributed by atoms with Crippen LogP contribution in [0.25, 0.3) is 32.0 Å². The van der Waals surface area contributed by atoms with Crippen LogP contribution >= 0.6 is 22.9 Å². The van der Waals surface area contributed by atoms with Crippen molar-refractivity contribution in [2.24, 2.45) is 0 Å². The molecule has 262 valence electrons. The lowest BCUT2D eigenvalue weighted by molar-refractivity contribution is 0.0776. The lowest BCUT2D eigenvalue weighted by Gasteiger charge is -2.18. The van der Waals surface area contributed by atoms with Gasteiger partial charge in [-0.25, -0.2) is 9.37 Å². The zero-order valence-electron chi connectivity index (χ0n) is 28.3. The third-order valence-corrected chi connectivity index (χ3v) is 12.3. The molecule has 4 aliphatic rings. The van der Waals surface area contributed by atoms with E-state index in [0.717, 1.165) is 79.4 Å². The summed E-state index contributed by atoms with van der Waals surface area (Å²) in [4.78, 5) is 27.3. The first-order valence-electron chi connectivity index (χ1n) is 17.5. The maximum absolute atomic E-state index is 14.5. The number of hydrogen-bond donors (Lipinski definition) is 1. The van der Waals surface area contributed by atoms with Gasteiger partial charge in [-0.15, -0.1) is 21.5 Å². The molecule has 0 bridgehead atoms. The molecule has 1 saturated heterocycles. The Morgan fingerprint density at radius 2 is 1.98 bits per heavy atom. The number of carbonyl (C=O) groups excluding carboxylic acids is 1. The molecule has 13 heteroatoms. The van der Waals surface area contributed by atoms with Crippen LogP contribution in [0.5, 0.6) is 11.5 Å². The highest BCUT2D eigenvalue weighted by Crippen LogP contribution is 2.51. The number of pyridine rings is 2. The largest absolute Gasteiger partial charge is 0.493 e. The quantitative estimate of drug-likeness (QED) is 0.172. The Bertz CT molecular complexity index is 2470. The smallest absolute Gasteiger partial charge is 0.257 e. The molecule has 1 fully saturated rings. The molecule has 6 aromatic rings. The molecule has 0 saturated carbocycles. The fraction of sp³-hybridized carbons (Fsp3) is 0.308. The summed E-state index contributed by atoms with van der Waals surface area (Å²) < 4.78 is 33.2. The van der Waals surface area contributed by atoms with Gasteiger partial charge in [-0.1, -0.05) is 23.7 Å². The number of anilines is 1. The third-order valence-electron chi connectivity index (χ3n) is 10.9. The number of amides is 1. The van der Waals surface area contributed by atoms with E-state index in [1.807, 2.05) is 35.2 Å². The van der Waals surface area contributed by atoms with Gasteiger partial charge in [-0.2, -0.15) is 0 Å². The van der Waals surface area contributed by atoms with Crippen molar-refractivity contribution in [3.63, 3.8) is 0 Å². The molecule has 3 aliphatic heterocycles. The fourth-order valence-electron chi connectivity index (χ4n) is 8.59. The van der Waals surface area contributed by atoms with Gasteiger partial charge < -0.3 is 24.1 Å². The number of aryl methyl sites for hydroxylation is 1. The maximum Gasteiger partial charge on any atom is 0.257 e. The summed E-state index contributed by atoms with van der Waals surface area (Å²) in [5.74, 6) is 2.18. The van der Waals surface area contributed by atoms with Gasteiger partial charge in [0.15, 0.2) is 11.6 Å². The van der Waals surface area contributed by atoms with Crippen molar-refractivity contribution in [1.29, 1.82) is 0 Å². The van der Waals surface area contributed by atoms with Crippen LogP contribution in [0.3, 0.4) is 0 Å². The van der Waals surface area contributed by atoms with Crippen molar-refractivity contribution in [3.05, 3.63) is 99.0 Å². The maximum atomic E-state index is 14.5. The third kappa shape index (κ3) is 4.83. The van der Waals surface area contributed by atoms with Crippen molar-refractivity contribution in [2.45, 2.75) is 57.0 Å². The molecule has 1 aliphatic carbocycles. The molecule has 2 unspecified atom stereocenters. The van der Waals surface area contributed by atoms with Gasteiger partial charge in [0, 0.05) is 58.6 Å². The molecule has 0 spiro atoms. The van der Waals surface area contributed by atoms with Crippen LogP contribution in [0.15, 0.2) is 53.1 Å². The number of ether oxygens (including phenoxy) is 2. The highest BCUT2D eigenvalue weighted by molar-refractivity contribution is 7.23. The van der Waals surface area contributed by atoms with E-state index < -0.39 is 0 Å². The van der Waals surface area contributed by atoms with E-state index in [9.17, 15) is 9.18 Å². The Balaban J connectivity index is 1.14. The molecular formula is C39H32ClFN6O4S. The number of hydrogen-bond acceptors (Lipinski definition) is 10. The summed E-state index contributed by atoms with van der Waals surface area (Å²) in [5, 5.41) is 14.0. The van der Waals surface area contributed by atoms with Gasteiger partial charge in [0.05, 0.1) is 53.0 Å². The second-order valence-corrected chi connectivity index (χ2v) is 15.3. The van der Waals surface area contributed by atoms with Crippen LogP contribution in [0.4, 0.5) is 10.2 Å². The number of fused-ring (bicyclic) bond motifs is 6. The Morgan fingerprint density at radius 3 is 2.83 bits per heavy atom. The van der Waals surface area contributed by atoms with Crippen molar-refractivity contribution in [3.8, 4) is 33.4 Å². The van der Waals surface area contributed by atoms with E-state index in [2.05, 4.69) is 21.6 Å². The Kier molecular flexibility index (Phi) is 7.30. The zero-order valence-corrected chi connectivity index (χ0v) is 29.9. The first kappa shape index (κ1) is 31.6. The van der Waals surface area contributed by atoms with Gasteiger partial charge in [0.25, 0.3) is 5.91 Å². The highest BCUT2D eigenvalue weighted by atomic mass is 35.5. The standard InChI is InChI=1S/C39H32ClFN6O4S/c1-18-45-46-38(51-18)31-27(14-20-17-50-29-16-21(40)5-6-22(20)29)43-34-28-4-3-13-47(28)39(48)33(34)32(31)30-15-19-11-12-42-37(36(19)52-30)44-26-10-8-24-23(26)7-9-25(41)35(24)49-2/h5-7,9,11-12,15-16,20,26,28H,3-4,8,10,13-14,17H2,1-2H3,(H,42,44)/t20-,26?,28?/m1/s1. The summed E-state index contributed by atoms with van der Waals surface area (Å²) >= 11 is 7.87. The fourth-order valence-corrected chi connectivity index (χ4v) is 9.92. The van der Waals surface area contributed by atoms with E-state index in [-0.39, 0.29) is 29.7 Å². The minimum atomic E-state index is -0.356. The Morgan fingerprint density at radius 1 is 1.10 bits per heavy atom. The average Bonchev–Trinajstić information content (AvgIpc) is 3.99. The second kappa shape index (κ2) is 12.0. The first-order valence-corrected chi connectivity index (χ1v) is 18.7. The molecule has 7 heterocycles. The number of thiophene rings is 1. The van der Waals surface area contributed by atoms with E-state index in [1.165, 1.54) is 13.2 Å². The Labute approximate surface area is 307 Å². The molecule has 10 nitrogen and oxygen atoms in total. The van der Waals surface area contributed by atoms with Gasteiger partial charge in [-0.05, 0) is 67.0 Å². The molecule has 52 heavy (non-hydrogen) atoms. The monoisotopic (exact) mass is 734 g/mol. The normalized spacial score (nSPS) is 19.9. The predicted octanol–water partition coefficient (Wildman–Crippen LogP) is 8.63. The molecule has 3 atom stereocenters. The van der Waals surface area contributed by atoms with Crippen molar-refractivity contribution < 1.29 is 23.1 Å². The van der Waals surface area contributed by atoms with E-state index >= 15 is 0 Å². The summed E-state index contributed by atoms with van der Waals surface area (Å²) in [5.41, 5.74) is 6.58. The van der Waals surface area contributed by atoms with Crippen molar-refractivity contribution >= 4 is 44.7 Å². The summed E-state index contributed by atoms with van der Waals surface area (Å²) in [7, 11) is 1.51. The van der Waals surface area contributed by atoms with Crippen LogP contribution in [-0.4, -0.2) is 51.2 Å². The van der Waals surface area contributed by atoms with Crippen LogP contribution in [0.1, 0.15) is 81.6 Å². The zero-order chi connectivity index (χ0) is 35.2. The lowest BCUT2D eigenvalue weighted by atomic mass is 9.89. The molecular weight excluding hydrogens is 703 g/mol. The summed E-state index contributed by atoms with van der Waals surface area (Å²) in [6.45, 7) is 2.93. The predicted molar refractivity (Wildman–Crippen MR) is 195 cm³/mol. The van der Waals surface area contributed by atoms with E-state index in [0.29, 0.717) is 59.7 Å².